The van der Waals surface area contributed by atoms with Crippen LogP contribution in [-0.4, -0.2) is 23.3 Å². The Kier molecular flexibility index (Phi) is 4.63. The molecule has 0 bridgehead atoms. The molecular formula is C21H17N3O4S. The van der Waals surface area contributed by atoms with E-state index >= 15 is 0 Å². The van der Waals surface area contributed by atoms with Crippen molar-refractivity contribution < 1.29 is 13.3 Å². The number of H-pyrrole nitrogens is 1. The van der Waals surface area contributed by atoms with Crippen LogP contribution in [0.1, 0.15) is 21.9 Å². The minimum absolute atomic E-state index is 0.151. The molecule has 2 heterocycles. The van der Waals surface area contributed by atoms with Gasteiger partial charge in [0.1, 0.15) is 10.9 Å². The van der Waals surface area contributed by atoms with Gasteiger partial charge in [-0.2, -0.15) is 0 Å². The number of non-ortho nitro benzene ring substituents is 1. The molecule has 7 nitrogen and oxygen atoms in total. The largest absolute Gasteiger partial charge is 0.346 e. The number of nitro benzene ring substituents is 1. The van der Waals surface area contributed by atoms with Crippen molar-refractivity contribution >= 4 is 26.6 Å². The minimum atomic E-state index is -3.90. The third-order valence-corrected chi connectivity index (χ3v) is 6.89. The highest BCUT2D eigenvalue weighted by atomic mass is 32.2. The first-order valence-corrected chi connectivity index (χ1v) is 10.4. The molecule has 0 saturated carbocycles. The summed E-state index contributed by atoms with van der Waals surface area (Å²) in [5.74, 6) is 0. The van der Waals surface area contributed by atoms with E-state index in [2.05, 4.69) is 9.97 Å². The second-order valence-corrected chi connectivity index (χ2v) is 8.77. The molecule has 0 amide bonds. The first-order valence-electron chi connectivity index (χ1n) is 8.85. The Morgan fingerprint density at radius 1 is 1.07 bits per heavy atom. The number of benzene rings is 2. The van der Waals surface area contributed by atoms with E-state index in [1.807, 2.05) is 6.92 Å². The summed E-state index contributed by atoms with van der Waals surface area (Å²) in [6.07, 6.45) is 3.21. The fourth-order valence-electron chi connectivity index (χ4n) is 3.39. The zero-order valence-corrected chi connectivity index (χ0v) is 16.3. The second-order valence-electron chi connectivity index (χ2n) is 6.73. The van der Waals surface area contributed by atoms with Crippen molar-refractivity contribution in [3.8, 4) is 0 Å². The lowest BCUT2D eigenvalue weighted by atomic mass is 10.0. The molecule has 4 aromatic rings. The second kappa shape index (κ2) is 7.14. The number of hydrogen-bond acceptors (Lipinski definition) is 5. The number of pyridine rings is 1. The van der Waals surface area contributed by atoms with Crippen LogP contribution in [0, 0.1) is 17.0 Å². The first kappa shape index (κ1) is 18.8. The molecule has 0 aliphatic rings. The lowest BCUT2D eigenvalue weighted by Crippen LogP contribution is -2.15. The first-order chi connectivity index (χ1) is 13.9. The molecule has 0 aliphatic carbocycles. The third-order valence-electron chi connectivity index (χ3n) is 4.81. The number of aromatic amines is 1. The summed E-state index contributed by atoms with van der Waals surface area (Å²) in [5.41, 5.74) is 2.15. The van der Waals surface area contributed by atoms with Gasteiger partial charge in [0.2, 0.25) is 0 Å². The Labute approximate surface area is 167 Å². The molecule has 2 aromatic heterocycles. The molecule has 2 aromatic carbocycles. The van der Waals surface area contributed by atoms with Crippen LogP contribution >= 0.6 is 0 Å². The molecule has 0 aliphatic heterocycles. The van der Waals surface area contributed by atoms with Gasteiger partial charge in [-0.05, 0) is 36.8 Å². The van der Waals surface area contributed by atoms with Crippen LogP contribution in [0.25, 0.3) is 11.0 Å². The predicted molar refractivity (Wildman–Crippen MR) is 109 cm³/mol. The quantitative estimate of drug-likeness (QED) is 0.391. The Morgan fingerprint density at radius 3 is 2.55 bits per heavy atom. The molecule has 1 N–H and O–H groups in total. The highest BCUT2D eigenvalue weighted by Gasteiger charge is 2.33. The van der Waals surface area contributed by atoms with Gasteiger partial charge in [-0.15, -0.1) is 0 Å². The average Bonchev–Trinajstić information content (AvgIpc) is 3.12. The lowest BCUT2D eigenvalue weighted by molar-refractivity contribution is -0.384. The molecule has 0 saturated heterocycles. The van der Waals surface area contributed by atoms with Crippen LogP contribution < -0.4 is 0 Å². The molecule has 1 atom stereocenters. The van der Waals surface area contributed by atoms with Gasteiger partial charge < -0.3 is 4.98 Å². The van der Waals surface area contributed by atoms with E-state index in [0.717, 1.165) is 5.56 Å². The number of fused-ring (bicyclic) bond motifs is 1. The SMILES string of the molecule is Cc1ccc(S(=O)(=O)C(c2cccc([N+](=O)[O-])c2)c2c[nH]c3ncccc23)cc1. The number of nitro groups is 1. The Balaban J connectivity index is 1.98. The summed E-state index contributed by atoms with van der Waals surface area (Å²) in [7, 11) is -3.90. The van der Waals surface area contributed by atoms with Gasteiger partial charge in [0.15, 0.2) is 9.84 Å². The number of hydrogen-bond donors (Lipinski definition) is 1. The van der Waals surface area contributed by atoms with Crippen molar-refractivity contribution in [2.24, 2.45) is 0 Å². The van der Waals surface area contributed by atoms with Crippen molar-refractivity contribution in [2.45, 2.75) is 17.1 Å². The van der Waals surface area contributed by atoms with Gasteiger partial charge in [-0.3, -0.25) is 10.1 Å². The normalized spacial score (nSPS) is 12.7. The van der Waals surface area contributed by atoms with Gasteiger partial charge in [-0.1, -0.05) is 29.8 Å². The summed E-state index contributed by atoms with van der Waals surface area (Å²) in [6, 6.07) is 15.8. The molecule has 0 fully saturated rings. The number of nitrogens with one attached hydrogen (secondary N) is 1. The van der Waals surface area contributed by atoms with Gasteiger partial charge >= 0.3 is 0 Å². The van der Waals surface area contributed by atoms with E-state index in [-0.39, 0.29) is 10.6 Å². The van der Waals surface area contributed by atoms with Crippen LogP contribution in [0.5, 0.6) is 0 Å². The van der Waals surface area contributed by atoms with Crippen molar-refractivity contribution in [1.82, 2.24) is 9.97 Å². The van der Waals surface area contributed by atoms with Crippen LogP contribution in [-0.2, 0) is 9.84 Å². The Hall–Kier alpha value is -3.52. The molecule has 0 radical (unpaired) electrons. The Morgan fingerprint density at radius 2 is 1.83 bits per heavy atom. The predicted octanol–water partition coefficient (Wildman–Crippen LogP) is 4.34. The van der Waals surface area contributed by atoms with Gasteiger partial charge in [-0.25, -0.2) is 13.4 Å². The lowest BCUT2D eigenvalue weighted by Gasteiger charge is -2.18. The smallest absolute Gasteiger partial charge is 0.269 e. The molecule has 4 rings (SSSR count). The van der Waals surface area contributed by atoms with Crippen molar-refractivity contribution in [3.05, 3.63) is 99.9 Å². The molecule has 0 spiro atoms. The third kappa shape index (κ3) is 3.38. The van der Waals surface area contributed by atoms with Crippen molar-refractivity contribution in [2.75, 3.05) is 0 Å². The molecule has 29 heavy (non-hydrogen) atoms. The number of aryl methyl sites for hydroxylation is 1. The van der Waals surface area contributed by atoms with Crippen LogP contribution in [0.3, 0.4) is 0 Å². The maximum atomic E-state index is 13.7. The monoisotopic (exact) mass is 407 g/mol. The van der Waals surface area contributed by atoms with Gasteiger partial charge in [0.05, 0.1) is 9.82 Å². The van der Waals surface area contributed by atoms with Gasteiger partial charge in [0, 0.05) is 35.5 Å². The average molecular weight is 407 g/mol. The number of aromatic nitrogens is 2. The topological polar surface area (TPSA) is 106 Å². The fraction of sp³-hybridized carbons (Fsp3) is 0.0952. The van der Waals surface area contributed by atoms with Crippen LogP contribution in [0.2, 0.25) is 0 Å². The summed E-state index contributed by atoms with van der Waals surface area (Å²) in [5, 5.41) is 10.8. The zero-order valence-electron chi connectivity index (χ0n) is 15.4. The maximum Gasteiger partial charge on any atom is 0.269 e. The summed E-state index contributed by atoms with van der Waals surface area (Å²) < 4.78 is 27.3. The van der Waals surface area contributed by atoms with E-state index < -0.39 is 20.0 Å². The Bertz CT molecular complexity index is 1310. The van der Waals surface area contributed by atoms with E-state index in [9.17, 15) is 18.5 Å². The van der Waals surface area contributed by atoms with Crippen molar-refractivity contribution in [1.29, 1.82) is 0 Å². The van der Waals surface area contributed by atoms with Gasteiger partial charge in [0.25, 0.3) is 5.69 Å². The van der Waals surface area contributed by atoms with Crippen LogP contribution in [0.15, 0.2) is 78.0 Å². The highest BCUT2D eigenvalue weighted by Crippen LogP contribution is 2.39. The molecule has 8 heteroatoms. The highest BCUT2D eigenvalue weighted by molar-refractivity contribution is 7.92. The fourth-order valence-corrected chi connectivity index (χ4v) is 5.21. The van der Waals surface area contributed by atoms with E-state index in [4.69, 9.17) is 0 Å². The molecule has 146 valence electrons. The number of rotatable bonds is 5. The van der Waals surface area contributed by atoms with Crippen LogP contribution in [0.4, 0.5) is 5.69 Å². The number of sulfone groups is 1. The molecule has 1 unspecified atom stereocenters. The summed E-state index contributed by atoms with van der Waals surface area (Å²) in [6.45, 7) is 1.87. The zero-order chi connectivity index (χ0) is 20.6. The van der Waals surface area contributed by atoms with E-state index in [1.165, 1.54) is 18.2 Å². The summed E-state index contributed by atoms with van der Waals surface area (Å²) in [4.78, 5) is 18.1. The summed E-state index contributed by atoms with van der Waals surface area (Å²) >= 11 is 0. The van der Waals surface area contributed by atoms with Crippen molar-refractivity contribution in [3.63, 3.8) is 0 Å². The molecular weight excluding hydrogens is 390 g/mol. The number of nitrogens with zero attached hydrogens (tertiary/aromatic N) is 2. The van der Waals surface area contributed by atoms with E-state index in [0.29, 0.717) is 22.2 Å². The minimum Gasteiger partial charge on any atom is -0.346 e. The van der Waals surface area contributed by atoms with E-state index in [1.54, 1.807) is 54.9 Å². The maximum absolute atomic E-state index is 13.7. The standard InChI is InChI=1S/C21H17N3O4S/c1-14-7-9-17(10-8-14)29(27,28)20(15-4-2-5-16(12-15)24(25)26)19-13-23-21-18(19)6-3-11-22-21/h2-13,20H,1H3,(H,22,23).